The van der Waals surface area contributed by atoms with E-state index in [1.165, 1.54) is 0 Å². The number of nitrogens with zero attached hydrogens (tertiary/aromatic N) is 1. The van der Waals surface area contributed by atoms with E-state index in [-0.39, 0.29) is 17.4 Å². The summed E-state index contributed by atoms with van der Waals surface area (Å²) in [6.07, 6.45) is 0.107. The van der Waals surface area contributed by atoms with Gasteiger partial charge in [-0.1, -0.05) is 23.2 Å². The number of hydrazone groups is 1. The van der Waals surface area contributed by atoms with Crippen molar-refractivity contribution >= 4 is 57.8 Å². The van der Waals surface area contributed by atoms with Crippen LogP contribution in [0.4, 0.5) is 5.69 Å². The van der Waals surface area contributed by atoms with Gasteiger partial charge in [0.2, 0.25) is 5.91 Å². The van der Waals surface area contributed by atoms with E-state index in [0.29, 0.717) is 21.4 Å². The van der Waals surface area contributed by atoms with E-state index in [1.807, 2.05) is 0 Å². The highest BCUT2D eigenvalue weighted by Crippen LogP contribution is 2.24. The summed E-state index contributed by atoms with van der Waals surface area (Å²) >= 11 is 16.2. The number of hydrogen-bond acceptors (Lipinski definition) is 3. The lowest BCUT2D eigenvalue weighted by Crippen LogP contribution is -2.26. The van der Waals surface area contributed by atoms with Gasteiger partial charge in [0.1, 0.15) is 0 Å². The quantitative estimate of drug-likeness (QED) is 0.453. The average Bonchev–Trinajstić information content (AvgIpc) is 2.31. The third kappa shape index (κ3) is 5.87. The Labute approximate surface area is 126 Å². The molecule has 0 unspecified atom stereocenters. The van der Waals surface area contributed by atoms with Crippen molar-refractivity contribution in [1.82, 2.24) is 5.43 Å². The molecule has 0 saturated carbocycles. The topological polar surface area (TPSA) is 79.5 Å². The van der Waals surface area contributed by atoms with Crippen molar-refractivity contribution in [2.45, 2.75) is 13.3 Å². The fourth-order valence-electron chi connectivity index (χ4n) is 1.20. The molecular weight excluding hydrogens is 307 g/mol. The molecule has 0 aliphatic heterocycles. The van der Waals surface area contributed by atoms with Crippen molar-refractivity contribution in [3.8, 4) is 0 Å². The van der Waals surface area contributed by atoms with E-state index in [4.69, 9.17) is 28.9 Å². The normalized spacial score (nSPS) is 11.0. The number of carbonyl (C=O) groups excluding carboxylic acids is 1. The number of amides is 1. The Morgan fingerprint density at radius 1 is 1.42 bits per heavy atom. The van der Waals surface area contributed by atoms with Crippen molar-refractivity contribution in [3.05, 3.63) is 28.2 Å². The van der Waals surface area contributed by atoms with Crippen LogP contribution in [0.1, 0.15) is 13.3 Å². The molecule has 1 aromatic carbocycles. The Bertz CT molecular complexity index is 533. The lowest BCUT2D eigenvalue weighted by molar-refractivity contribution is -0.115. The average molecular weight is 319 g/mol. The first-order chi connectivity index (χ1) is 8.88. The third-order valence-corrected chi connectivity index (χ3v) is 2.81. The molecule has 1 rings (SSSR count). The van der Waals surface area contributed by atoms with Crippen LogP contribution >= 0.6 is 35.4 Å². The first-order valence-corrected chi connectivity index (χ1v) is 6.38. The maximum atomic E-state index is 11.7. The molecule has 0 saturated heterocycles. The zero-order chi connectivity index (χ0) is 14.4. The summed E-state index contributed by atoms with van der Waals surface area (Å²) in [4.78, 5) is 11.7. The molecule has 4 N–H and O–H groups in total. The Hall–Kier alpha value is -1.37. The number of benzene rings is 1. The lowest BCUT2D eigenvalue weighted by Gasteiger charge is -2.06. The number of anilines is 1. The van der Waals surface area contributed by atoms with Crippen LogP contribution in [0.25, 0.3) is 0 Å². The van der Waals surface area contributed by atoms with E-state index in [0.717, 1.165) is 0 Å². The highest BCUT2D eigenvalue weighted by Gasteiger charge is 2.06. The number of carbonyl (C=O) groups is 1. The van der Waals surface area contributed by atoms with Crippen LogP contribution in [0.15, 0.2) is 23.3 Å². The van der Waals surface area contributed by atoms with E-state index in [9.17, 15) is 4.79 Å². The third-order valence-electron chi connectivity index (χ3n) is 1.98. The molecule has 0 fully saturated rings. The van der Waals surface area contributed by atoms with E-state index in [2.05, 4.69) is 28.1 Å². The highest BCUT2D eigenvalue weighted by atomic mass is 35.5. The van der Waals surface area contributed by atoms with Crippen LogP contribution < -0.4 is 16.5 Å². The van der Waals surface area contributed by atoms with Crippen LogP contribution in [-0.4, -0.2) is 16.7 Å². The number of nitrogens with two attached hydrogens (primary N) is 1. The summed E-state index contributed by atoms with van der Waals surface area (Å²) in [5.74, 6) is -0.232. The van der Waals surface area contributed by atoms with E-state index < -0.39 is 0 Å². The van der Waals surface area contributed by atoms with Crippen molar-refractivity contribution in [1.29, 1.82) is 0 Å². The molecule has 0 aromatic heterocycles. The fraction of sp³-hybridized carbons (Fsp3) is 0.182. The van der Waals surface area contributed by atoms with Crippen molar-refractivity contribution in [3.63, 3.8) is 0 Å². The molecule has 1 amide bonds. The minimum absolute atomic E-state index is 0.0456. The van der Waals surface area contributed by atoms with Gasteiger partial charge < -0.3 is 11.1 Å². The van der Waals surface area contributed by atoms with Gasteiger partial charge in [0.05, 0.1) is 16.5 Å². The van der Waals surface area contributed by atoms with Gasteiger partial charge in [0.15, 0.2) is 5.11 Å². The number of nitrogens with one attached hydrogen (secondary N) is 2. The molecule has 102 valence electrons. The predicted molar refractivity (Wildman–Crippen MR) is 82.7 cm³/mol. The Kier molecular flexibility index (Phi) is 6.01. The summed E-state index contributed by atoms with van der Waals surface area (Å²) in [6, 6.07) is 4.84. The maximum Gasteiger partial charge on any atom is 0.230 e. The molecule has 0 aliphatic carbocycles. The van der Waals surface area contributed by atoms with Crippen molar-refractivity contribution in [2.75, 3.05) is 5.32 Å². The molecule has 0 bridgehead atoms. The van der Waals surface area contributed by atoms with Crippen molar-refractivity contribution < 1.29 is 4.79 Å². The van der Waals surface area contributed by atoms with Crippen LogP contribution in [0.2, 0.25) is 10.0 Å². The Morgan fingerprint density at radius 3 is 2.68 bits per heavy atom. The summed E-state index contributed by atoms with van der Waals surface area (Å²) in [7, 11) is 0. The summed E-state index contributed by atoms with van der Waals surface area (Å²) in [5.41, 5.74) is 8.73. The molecule has 5 nitrogen and oxygen atoms in total. The molecule has 0 radical (unpaired) electrons. The van der Waals surface area contributed by atoms with Gasteiger partial charge >= 0.3 is 0 Å². The van der Waals surface area contributed by atoms with Crippen molar-refractivity contribution in [2.24, 2.45) is 10.8 Å². The number of thiocarbonyl (C=S) groups is 1. The number of halogens is 2. The molecule has 0 atom stereocenters. The first-order valence-electron chi connectivity index (χ1n) is 5.22. The molecule has 0 spiro atoms. The second kappa shape index (κ2) is 7.28. The summed E-state index contributed by atoms with van der Waals surface area (Å²) in [6.45, 7) is 1.68. The zero-order valence-corrected chi connectivity index (χ0v) is 12.4. The number of rotatable bonds is 4. The monoisotopic (exact) mass is 318 g/mol. The van der Waals surface area contributed by atoms with E-state index in [1.54, 1.807) is 25.1 Å². The Balaban J connectivity index is 2.57. The second-order valence-corrected chi connectivity index (χ2v) is 4.93. The summed E-state index contributed by atoms with van der Waals surface area (Å²) < 4.78 is 0. The molecule has 19 heavy (non-hydrogen) atoms. The molecule has 8 heteroatoms. The van der Waals surface area contributed by atoms with Crippen LogP contribution in [0.5, 0.6) is 0 Å². The van der Waals surface area contributed by atoms with E-state index >= 15 is 0 Å². The zero-order valence-electron chi connectivity index (χ0n) is 10.0. The lowest BCUT2D eigenvalue weighted by atomic mass is 10.2. The minimum atomic E-state index is -0.232. The molecule has 0 aliphatic rings. The van der Waals surface area contributed by atoms with Crippen LogP contribution in [-0.2, 0) is 4.79 Å². The first kappa shape index (κ1) is 15.7. The van der Waals surface area contributed by atoms with Gasteiger partial charge in [-0.3, -0.25) is 10.2 Å². The number of hydrogen-bond donors (Lipinski definition) is 3. The highest BCUT2D eigenvalue weighted by molar-refractivity contribution is 7.80. The van der Waals surface area contributed by atoms with Gasteiger partial charge in [-0.05, 0) is 37.3 Å². The van der Waals surface area contributed by atoms with Gasteiger partial charge in [-0.15, -0.1) is 0 Å². The van der Waals surface area contributed by atoms with Gasteiger partial charge in [-0.25, -0.2) is 0 Å². The van der Waals surface area contributed by atoms with Gasteiger partial charge in [0.25, 0.3) is 0 Å². The standard InChI is InChI=1S/C11H12Cl2N4OS/c1-6(16-17-11(14)19)4-10(18)15-7-2-3-8(12)9(13)5-7/h2-3,5H,4H2,1H3,(H,15,18)(H3,14,17,19)/b16-6-. The minimum Gasteiger partial charge on any atom is -0.375 e. The van der Waals surface area contributed by atoms with Gasteiger partial charge in [0, 0.05) is 11.4 Å². The smallest absolute Gasteiger partial charge is 0.230 e. The Morgan fingerprint density at radius 2 is 2.11 bits per heavy atom. The molecule has 1 aromatic rings. The second-order valence-electron chi connectivity index (χ2n) is 3.68. The molecule has 0 heterocycles. The summed E-state index contributed by atoms with van der Waals surface area (Å²) in [5, 5.41) is 7.35. The predicted octanol–water partition coefficient (Wildman–Crippen LogP) is 2.53. The maximum absolute atomic E-state index is 11.7. The van der Waals surface area contributed by atoms with Crippen LogP contribution in [0.3, 0.4) is 0 Å². The van der Waals surface area contributed by atoms with Gasteiger partial charge in [-0.2, -0.15) is 5.10 Å². The van der Waals surface area contributed by atoms with Crippen LogP contribution in [0, 0.1) is 0 Å². The molecular formula is C11H12Cl2N4OS. The largest absolute Gasteiger partial charge is 0.375 e. The SMILES string of the molecule is C/C(CC(=O)Nc1ccc(Cl)c(Cl)c1)=N/NC(N)=S. The fourth-order valence-corrected chi connectivity index (χ4v) is 1.55.